The molecular weight excluding hydrogens is 456 g/mol. The topological polar surface area (TPSA) is 85.9 Å². The van der Waals surface area contributed by atoms with E-state index in [1.165, 1.54) is 0 Å². The summed E-state index contributed by atoms with van der Waals surface area (Å²) >= 11 is 0. The van der Waals surface area contributed by atoms with Gasteiger partial charge in [0.15, 0.2) is 0 Å². The highest BCUT2D eigenvalue weighted by atomic mass is 16.5. The van der Waals surface area contributed by atoms with Crippen molar-refractivity contribution in [1.82, 2.24) is 10.9 Å². The van der Waals surface area contributed by atoms with E-state index in [1.807, 2.05) is 60.7 Å². The number of ether oxygens (including phenoxy) is 3. The number of hydrogen-bond acceptors (Lipinski definition) is 5. The van der Waals surface area contributed by atoms with Gasteiger partial charge in [0.2, 0.25) is 0 Å². The molecule has 0 spiro atoms. The van der Waals surface area contributed by atoms with E-state index in [2.05, 4.69) is 10.9 Å². The Morgan fingerprint density at radius 2 is 1.00 bits per heavy atom. The predicted octanol–water partition coefficient (Wildman–Crippen LogP) is 4.80. The fraction of sp³-hybridized carbons (Fsp3) is 0.103. The van der Waals surface area contributed by atoms with Crippen molar-refractivity contribution in [2.45, 2.75) is 6.61 Å². The van der Waals surface area contributed by atoms with Crippen molar-refractivity contribution >= 4 is 11.8 Å². The van der Waals surface area contributed by atoms with Crippen LogP contribution in [-0.2, 0) is 6.61 Å². The van der Waals surface area contributed by atoms with Crippen molar-refractivity contribution < 1.29 is 23.8 Å². The first kappa shape index (κ1) is 24.3. The Bertz CT molecular complexity index is 1280. The summed E-state index contributed by atoms with van der Waals surface area (Å²) in [4.78, 5) is 25.6. The summed E-state index contributed by atoms with van der Waals surface area (Å²) < 4.78 is 17.2. The quantitative estimate of drug-likeness (QED) is 0.251. The summed E-state index contributed by atoms with van der Waals surface area (Å²) in [5.41, 5.74) is 6.47. The van der Waals surface area contributed by atoms with Gasteiger partial charge in [-0.05, 0) is 42.0 Å². The third kappa shape index (κ3) is 6.87. The minimum absolute atomic E-state index is 0.248. The molecule has 0 saturated heterocycles. The summed E-state index contributed by atoms with van der Waals surface area (Å²) in [7, 11) is 0. The molecule has 0 bridgehead atoms. The zero-order chi connectivity index (χ0) is 25.0. The van der Waals surface area contributed by atoms with Gasteiger partial charge in [-0.1, -0.05) is 72.8 Å². The van der Waals surface area contributed by atoms with Gasteiger partial charge >= 0.3 is 0 Å². The molecule has 0 radical (unpaired) electrons. The van der Waals surface area contributed by atoms with E-state index in [4.69, 9.17) is 14.2 Å². The van der Waals surface area contributed by atoms with Gasteiger partial charge in [0.25, 0.3) is 11.8 Å². The average Bonchev–Trinajstić information content (AvgIpc) is 2.94. The van der Waals surface area contributed by atoms with Crippen LogP contribution in [0, 0.1) is 0 Å². The number of carbonyl (C=O) groups is 2. The lowest BCUT2D eigenvalue weighted by Crippen LogP contribution is -2.41. The van der Waals surface area contributed by atoms with Crippen molar-refractivity contribution in [2.24, 2.45) is 0 Å². The Kier molecular flexibility index (Phi) is 8.53. The van der Waals surface area contributed by atoms with Crippen molar-refractivity contribution in [3.05, 3.63) is 126 Å². The molecule has 0 saturated carbocycles. The maximum absolute atomic E-state index is 12.8. The van der Waals surface area contributed by atoms with Gasteiger partial charge in [0, 0.05) is 0 Å². The molecule has 0 aliphatic heterocycles. The molecule has 0 atom stereocenters. The average molecular weight is 483 g/mol. The van der Waals surface area contributed by atoms with Crippen molar-refractivity contribution in [1.29, 1.82) is 0 Å². The Labute approximate surface area is 209 Å². The van der Waals surface area contributed by atoms with Gasteiger partial charge < -0.3 is 14.2 Å². The molecule has 7 nitrogen and oxygen atoms in total. The predicted molar refractivity (Wildman–Crippen MR) is 136 cm³/mol. The molecular formula is C29H26N2O5. The number of hydrogen-bond donors (Lipinski definition) is 2. The van der Waals surface area contributed by atoms with E-state index in [1.54, 1.807) is 48.5 Å². The fourth-order valence-electron chi connectivity index (χ4n) is 3.37. The Balaban J connectivity index is 1.31. The number of para-hydroxylation sites is 3. The third-order valence-electron chi connectivity index (χ3n) is 5.14. The highest BCUT2D eigenvalue weighted by Gasteiger charge is 2.16. The van der Waals surface area contributed by atoms with Crippen LogP contribution in [-0.4, -0.2) is 25.0 Å². The summed E-state index contributed by atoms with van der Waals surface area (Å²) in [5.74, 6) is 0.526. The molecule has 4 aromatic rings. The standard InChI is InChI=1S/C29H26N2O5/c32-28(24-15-7-9-17-26(24)35-20-19-34-23-13-5-2-6-14-23)30-31-29(33)25-16-8-10-18-27(25)36-21-22-11-3-1-4-12-22/h1-18H,19-21H2,(H,30,32)(H,31,33). The largest absolute Gasteiger partial charge is 0.490 e. The zero-order valence-corrected chi connectivity index (χ0v) is 19.6. The van der Waals surface area contributed by atoms with Crippen LogP contribution in [0.5, 0.6) is 17.2 Å². The van der Waals surface area contributed by atoms with Gasteiger partial charge in [-0.25, -0.2) is 0 Å². The Morgan fingerprint density at radius 3 is 1.61 bits per heavy atom. The summed E-state index contributed by atoms with van der Waals surface area (Å²) in [6, 6.07) is 32.7. The highest BCUT2D eigenvalue weighted by molar-refractivity contribution is 6.01. The van der Waals surface area contributed by atoms with Gasteiger partial charge in [-0.15, -0.1) is 0 Å². The number of rotatable bonds is 10. The molecule has 7 heteroatoms. The summed E-state index contributed by atoms with van der Waals surface area (Å²) in [5, 5.41) is 0. The number of carbonyl (C=O) groups excluding carboxylic acids is 2. The van der Waals surface area contributed by atoms with Crippen LogP contribution in [0.2, 0.25) is 0 Å². The van der Waals surface area contributed by atoms with E-state index in [0.29, 0.717) is 30.3 Å². The summed E-state index contributed by atoms with van der Waals surface area (Å²) in [6.07, 6.45) is 0. The van der Waals surface area contributed by atoms with Crippen LogP contribution in [0.15, 0.2) is 109 Å². The second-order valence-corrected chi connectivity index (χ2v) is 7.68. The van der Waals surface area contributed by atoms with E-state index in [-0.39, 0.29) is 12.2 Å². The van der Waals surface area contributed by atoms with Gasteiger partial charge in [-0.3, -0.25) is 20.4 Å². The Morgan fingerprint density at radius 1 is 0.528 bits per heavy atom. The molecule has 36 heavy (non-hydrogen) atoms. The molecule has 2 amide bonds. The summed E-state index contributed by atoms with van der Waals surface area (Å²) in [6.45, 7) is 0.879. The van der Waals surface area contributed by atoms with Crippen LogP contribution >= 0.6 is 0 Å². The monoisotopic (exact) mass is 482 g/mol. The number of hydrazine groups is 1. The Hall–Kier alpha value is -4.78. The lowest BCUT2D eigenvalue weighted by molar-refractivity contribution is 0.0841. The normalized spacial score (nSPS) is 10.2. The molecule has 0 heterocycles. The van der Waals surface area contributed by atoms with Crippen molar-refractivity contribution in [3.8, 4) is 17.2 Å². The van der Waals surface area contributed by atoms with Crippen LogP contribution in [0.25, 0.3) is 0 Å². The molecule has 0 fully saturated rings. The first-order valence-corrected chi connectivity index (χ1v) is 11.5. The highest BCUT2D eigenvalue weighted by Crippen LogP contribution is 2.20. The van der Waals surface area contributed by atoms with Gasteiger partial charge in [0.05, 0.1) is 11.1 Å². The number of nitrogens with one attached hydrogen (secondary N) is 2. The molecule has 0 aliphatic rings. The van der Waals surface area contributed by atoms with E-state index >= 15 is 0 Å². The van der Waals surface area contributed by atoms with Crippen molar-refractivity contribution in [3.63, 3.8) is 0 Å². The van der Waals surface area contributed by atoms with E-state index in [0.717, 1.165) is 11.3 Å². The number of benzene rings is 4. The molecule has 2 N–H and O–H groups in total. The zero-order valence-electron chi connectivity index (χ0n) is 19.6. The molecule has 4 rings (SSSR count). The number of amides is 2. The van der Waals surface area contributed by atoms with Gasteiger partial charge in [-0.2, -0.15) is 0 Å². The molecule has 0 aliphatic carbocycles. The van der Waals surface area contributed by atoms with Crippen LogP contribution < -0.4 is 25.1 Å². The van der Waals surface area contributed by atoms with Gasteiger partial charge in [0.1, 0.15) is 37.1 Å². The molecule has 4 aromatic carbocycles. The maximum Gasteiger partial charge on any atom is 0.273 e. The minimum atomic E-state index is -0.509. The van der Waals surface area contributed by atoms with Crippen molar-refractivity contribution in [2.75, 3.05) is 13.2 Å². The SMILES string of the molecule is O=C(NNC(=O)c1ccccc1OCc1ccccc1)c1ccccc1OCCOc1ccccc1. The molecule has 0 aromatic heterocycles. The lowest BCUT2D eigenvalue weighted by Gasteiger charge is -2.14. The van der Waals surface area contributed by atoms with E-state index in [9.17, 15) is 9.59 Å². The van der Waals surface area contributed by atoms with Crippen LogP contribution in [0.4, 0.5) is 0 Å². The van der Waals surface area contributed by atoms with Crippen LogP contribution in [0.3, 0.4) is 0 Å². The first-order chi connectivity index (χ1) is 17.7. The molecule has 0 unspecified atom stereocenters. The smallest absolute Gasteiger partial charge is 0.273 e. The second kappa shape index (κ2) is 12.6. The van der Waals surface area contributed by atoms with E-state index < -0.39 is 11.8 Å². The fourth-order valence-corrected chi connectivity index (χ4v) is 3.37. The lowest BCUT2D eigenvalue weighted by atomic mass is 10.2. The first-order valence-electron chi connectivity index (χ1n) is 11.5. The molecule has 182 valence electrons. The maximum atomic E-state index is 12.8. The third-order valence-corrected chi connectivity index (χ3v) is 5.14. The van der Waals surface area contributed by atoms with Crippen LogP contribution in [0.1, 0.15) is 26.3 Å². The minimum Gasteiger partial charge on any atom is -0.490 e. The second-order valence-electron chi connectivity index (χ2n) is 7.68.